The molecule has 3 heterocycles. The number of thiocarbonyl (C=S) groups is 1. The van der Waals surface area contributed by atoms with Gasteiger partial charge in [0.05, 0.1) is 24.5 Å². The zero-order valence-electron chi connectivity index (χ0n) is 22.4. The standard InChI is InChI=1S/C30H28BrFN4O3S/c1-30(2,3)28(37)34-21-11-9-18(16-25(21)38-4)36-27(26(35-29(36)40)22-7-5-6-14-33-22)24-13-12-23(39-24)19-10-8-17(32)15-20(19)31/h5-16,26-27H,1-4H3,(H,34,37)(H,35,40)/t26-,27+/m1/s1. The van der Waals surface area contributed by atoms with Crippen LogP contribution in [0.1, 0.15) is 44.3 Å². The van der Waals surface area contributed by atoms with Gasteiger partial charge >= 0.3 is 0 Å². The normalized spacial score (nSPS) is 17.1. The van der Waals surface area contributed by atoms with E-state index in [9.17, 15) is 9.18 Å². The largest absolute Gasteiger partial charge is 0.494 e. The Balaban J connectivity index is 1.57. The van der Waals surface area contributed by atoms with E-state index in [1.165, 1.54) is 12.1 Å². The molecule has 1 aliphatic heterocycles. The van der Waals surface area contributed by atoms with Gasteiger partial charge in [0.1, 0.15) is 29.1 Å². The zero-order chi connectivity index (χ0) is 28.6. The Kier molecular flexibility index (Phi) is 7.65. The summed E-state index contributed by atoms with van der Waals surface area (Å²) in [5.74, 6) is 1.24. The van der Waals surface area contributed by atoms with Gasteiger partial charge in [0, 0.05) is 33.4 Å². The minimum absolute atomic E-state index is 0.125. The highest BCUT2D eigenvalue weighted by Crippen LogP contribution is 2.45. The summed E-state index contributed by atoms with van der Waals surface area (Å²) in [6.45, 7) is 5.55. The quantitative estimate of drug-likeness (QED) is 0.217. The Bertz CT molecular complexity index is 1570. The van der Waals surface area contributed by atoms with Crippen molar-refractivity contribution in [1.29, 1.82) is 0 Å². The Labute approximate surface area is 245 Å². The van der Waals surface area contributed by atoms with Crippen LogP contribution in [0.25, 0.3) is 11.3 Å². The van der Waals surface area contributed by atoms with E-state index in [0.717, 1.165) is 16.9 Å². The molecule has 0 radical (unpaired) electrons. The number of carbonyl (C=O) groups excluding carboxylic acids is 1. The van der Waals surface area contributed by atoms with Gasteiger partial charge < -0.3 is 24.7 Å². The lowest BCUT2D eigenvalue weighted by atomic mass is 9.95. The molecule has 0 spiro atoms. The van der Waals surface area contributed by atoms with E-state index in [-0.39, 0.29) is 17.8 Å². The van der Waals surface area contributed by atoms with Gasteiger partial charge in [-0.05, 0) is 82.7 Å². The van der Waals surface area contributed by atoms with Gasteiger partial charge in [0.15, 0.2) is 5.11 Å². The van der Waals surface area contributed by atoms with E-state index >= 15 is 0 Å². The first-order valence-corrected chi connectivity index (χ1v) is 13.8. The molecule has 1 saturated heterocycles. The maximum Gasteiger partial charge on any atom is 0.229 e. The van der Waals surface area contributed by atoms with Gasteiger partial charge in [-0.15, -0.1) is 0 Å². The third kappa shape index (κ3) is 5.46. The molecule has 2 N–H and O–H groups in total. The SMILES string of the molecule is COc1cc(N2C(=S)N[C@H](c3ccccn3)[C@@H]2c2ccc(-c3ccc(F)cc3Br)o2)ccc1NC(=O)C(C)(C)C. The predicted molar refractivity (Wildman–Crippen MR) is 161 cm³/mol. The number of hydrogen-bond donors (Lipinski definition) is 2. The van der Waals surface area contributed by atoms with Crippen molar-refractivity contribution in [2.75, 3.05) is 17.3 Å². The first-order chi connectivity index (χ1) is 19.1. The van der Waals surface area contributed by atoms with Crippen LogP contribution in [0.5, 0.6) is 5.75 Å². The Morgan fingerprint density at radius 3 is 2.62 bits per heavy atom. The molecule has 4 aromatic rings. The van der Waals surface area contributed by atoms with E-state index < -0.39 is 11.5 Å². The second-order valence-corrected chi connectivity index (χ2v) is 11.7. The fourth-order valence-electron chi connectivity index (χ4n) is 4.51. The molecule has 1 aliphatic rings. The Morgan fingerprint density at radius 1 is 1.15 bits per heavy atom. The molecule has 0 bridgehead atoms. The molecule has 206 valence electrons. The van der Waals surface area contributed by atoms with Crippen molar-refractivity contribution < 1.29 is 18.3 Å². The molecule has 5 rings (SSSR count). The summed E-state index contributed by atoms with van der Waals surface area (Å²) in [6.07, 6.45) is 1.73. The van der Waals surface area contributed by atoms with Gasteiger partial charge in [0.2, 0.25) is 5.91 Å². The first-order valence-electron chi connectivity index (χ1n) is 12.6. The Morgan fingerprint density at radius 2 is 1.95 bits per heavy atom. The summed E-state index contributed by atoms with van der Waals surface area (Å²) in [4.78, 5) is 19.2. The molecule has 2 aromatic carbocycles. The molecule has 1 fully saturated rings. The fraction of sp³-hybridized carbons (Fsp3) is 0.233. The molecular formula is C30H28BrFN4O3S. The third-order valence-corrected chi connectivity index (χ3v) is 7.58. The van der Waals surface area contributed by atoms with Crippen molar-refractivity contribution in [2.45, 2.75) is 32.9 Å². The lowest BCUT2D eigenvalue weighted by molar-refractivity contribution is -0.123. The van der Waals surface area contributed by atoms with Gasteiger partial charge in [-0.1, -0.05) is 26.8 Å². The highest BCUT2D eigenvalue weighted by atomic mass is 79.9. The van der Waals surface area contributed by atoms with Crippen LogP contribution < -0.4 is 20.3 Å². The number of hydrogen-bond acceptors (Lipinski definition) is 5. The number of rotatable bonds is 6. The van der Waals surface area contributed by atoms with Crippen molar-refractivity contribution in [3.8, 4) is 17.1 Å². The molecule has 0 unspecified atom stereocenters. The first kappa shape index (κ1) is 27.8. The van der Waals surface area contributed by atoms with Crippen molar-refractivity contribution in [3.05, 3.63) is 94.7 Å². The summed E-state index contributed by atoms with van der Waals surface area (Å²) >= 11 is 9.27. The Hall–Kier alpha value is -3.76. The van der Waals surface area contributed by atoms with E-state index in [4.69, 9.17) is 21.4 Å². The number of furan rings is 1. The summed E-state index contributed by atoms with van der Waals surface area (Å²) in [5, 5.41) is 6.83. The van der Waals surface area contributed by atoms with E-state index in [2.05, 4.69) is 31.5 Å². The number of benzene rings is 2. The van der Waals surface area contributed by atoms with E-state index in [0.29, 0.717) is 32.5 Å². The lowest BCUT2D eigenvalue weighted by Crippen LogP contribution is -2.30. The average molecular weight is 624 g/mol. The summed E-state index contributed by atoms with van der Waals surface area (Å²) in [5.41, 5.74) is 2.25. The number of carbonyl (C=O) groups is 1. The maximum atomic E-state index is 13.7. The molecule has 2 atom stereocenters. The molecule has 1 amide bonds. The molecule has 10 heteroatoms. The number of anilines is 2. The number of aromatic nitrogens is 1. The highest BCUT2D eigenvalue weighted by Gasteiger charge is 2.43. The van der Waals surface area contributed by atoms with Crippen LogP contribution in [0, 0.1) is 11.2 Å². The van der Waals surface area contributed by atoms with Crippen molar-refractivity contribution in [2.24, 2.45) is 5.41 Å². The second-order valence-electron chi connectivity index (χ2n) is 10.4. The number of pyridine rings is 1. The number of ether oxygens (including phenoxy) is 1. The van der Waals surface area contributed by atoms with Gasteiger partial charge in [0.25, 0.3) is 0 Å². The number of nitrogens with zero attached hydrogens (tertiary/aromatic N) is 2. The smallest absolute Gasteiger partial charge is 0.229 e. The zero-order valence-corrected chi connectivity index (χ0v) is 24.8. The summed E-state index contributed by atoms with van der Waals surface area (Å²) in [7, 11) is 1.56. The van der Waals surface area contributed by atoms with Crippen LogP contribution in [-0.2, 0) is 4.79 Å². The maximum absolute atomic E-state index is 13.7. The second kappa shape index (κ2) is 11.0. The van der Waals surface area contributed by atoms with Crippen molar-refractivity contribution in [1.82, 2.24) is 10.3 Å². The van der Waals surface area contributed by atoms with Crippen LogP contribution in [0.4, 0.5) is 15.8 Å². The van der Waals surface area contributed by atoms with Crippen molar-refractivity contribution in [3.63, 3.8) is 0 Å². The van der Waals surface area contributed by atoms with Crippen LogP contribution in [0.15, 0.2) is 81.8 Å². The van der Waals surface area contributed by atoms with E-state index in [1.807, 2.05) is 68.1 Å². The van der Waals surface area contributed by atoms with Crippen LogP contribution in [0.3, 0.4) is 0 Å². The topological polar surface area (TPSA) is 79.6 Å². The van der Waals surface area contributed by atoms with Gasteiger partial charge in [-0.25, -0.2) is 4.39 Å². The van der Waals surface area contributed by atoms with Gasteiger partial charge in [-0.3, -0.25) is 9.78 Å². The van der Waals surface area contributed by atoms with Gasteiger partial charge in [-0.2, -0.15) is 0 Å². The monoisotopic (exact) mass is 622 g/mol. The van der Waals surface area contributed by atoms with Crippen LogP contribution in [-0.4, -0.2) is 23.1 Å². The molecular weight excluding hydrogens is 595 g/mol. The average Bonchev–Trinajstić information content (AvgIpc) is 3.53. The predicted octanol–water partition coefficient (Wildman–Crippen LogP) is 7.41. The molecule has 0 aliphatic carbocycles. The highest BCUT2D eigenvalue weighted by molar-refractivity contribution is 9.10. The fourth-order valence-corrected chi connectivity index (χ4v) is 5.40. The molecule has 7 nitrogen and oxygen atoms in total. The molecule has 40 heavy (non-hydrogen) atoms. The lowest BCUT2D eigenvalue weighted by Gasteiger charge is -2.27. The minimum Gasteiger partial charge on any atom is -0.494 e. The summed E-state index contributed by atoms with van der Waals surface area (Å²) in [6, 6.07) is 18.7. The minimum atomic E-state index is -0.568. The molecule has 0 saturated carbocycles. The third-order valence-electron chi connectivity index (χ3n) is 6.61. The number of methoxy groups -OCH3 is 1. The number of amides is 1. The van der Waals surface area contributed by atoms with Crippen LogP contribution >= 0.6 is 28.1 Å². The van der Waals surface area contributed by atoms with Crippen molar-refractivity contribution >= 4 is 50.5 Å². The van der Waals surface area contributed by atoms with E-state index in [1.54, 1.807) is 25.4 Å². The number of halogens is 2. The summed E-state index contributed by atoms with van der Waals surface area (Å²) < 4.78 is 26.4. The number of nitrogens with one attached hydrogen (secondary N) is 2. The van der Waals surface area contributed by atoms with Crippen LogP contribution in [0.2, 0.25) is 0 Å². The molecule has 2 aromatic heterocycles.